The van der Waals surface area contributed by atoms with E-state index in [2.05, 4.69) is 20.6 Å². The lowest BCUT2D eigenvalue weighted by atomic mass is 10.1. The second-order valence-corrected chi connectivity index (χ2v) is 6.57. The number of hydrogen-bond donors (Lipinski definition) is 2. The number of rotatable bonds is 7. The van der Waals surface area contributed by atoms with E-state index in [1.807, 2.05) is 48.9 Å². The molecule has 3 aromatic rings. The normalized spacial score (nSPS) is 10.6. The minimum Gasteiger partial charge on any atom is -0.385 e. The molecule has 2 aromatic heterocycles. The summed E-state index contributed by atoms with van der Waals surface area (Å²) in [6.07, 6.45) is 5.36. The second-order valence-electron chi connectivity index (χ2n) is 6.13. The Labute approximate surface area is 163 Å². The average Bonchev–Trinajstić information content (AvgIpc) is 3.10. The van der Waals surface area contributed by atoms with E-state index in [0.29, 0.717) is 23.7 Å². The van der Waals surface area contributed by atoms with Crippen molar-refractivity contribution in [3.63, 3.8) is 0 Å². The van der Waals surface area contributed by atoms with Crippen LogP contribution in [-0.4, -0.2) is 27.0 Å². The van der Waals surface area contributed by atoms with Crippen LogP contribution in [0.15, 0.2) is 48.9 Å². The van der Waals surface area contributed by atoms with Gasteiger partial charge >= 0.3 is 0 Å². The maximum Gasteiger partial charge on any atom is 0.252 e. The molecule has 2 N–H and O–H groups in total. The SMILES string of the molecule is CCNc1cc(Cl)cc(C(=O)NCc2nccn2Cc2ccccn2)c1C. The van der Waals surface area contributed by atoms with Crippen molar-refractivity contribution in [3.8, 4) is 0 Å². The van der Waals surface area contributed by atoms with Gasteiger partial charge in [-0.05, 0) is 43.7 Å². The van der Waals surface area contributed by atoms with Crippen molar-refractivity contribution in [1.82, 2.24) is 19.9 Å². The maximum atomic E-state index is 12.7. The number of halogens is 1. The second kappa shape index (κ2) is 8.68. The van der Waals surface area contributed by atoms with Crippen LogP contribution in [0.4, 0.5) is 5.69 Å². The first-order valence-electron chi connectivity index (χ1n) is 8.80. The van der Waals surface area contributed by atoms with Crippen molar-refractivity contribution in [2.24, 2.45) is 0 Å². The molecule has 0 atom stereocenters. The fourth-order valence-electron chi connectivity index (χ4n) is 2.86. The van der Waals surface area contributed by atoms with Crippen LogP contribution in [0.5, 0.6) is 0 Å². The van der Waals surface area contributed by atoms with E-state index in [1.165, 1.54) is 0 Å². The summed E-state index contributed by atoms with van der Waals surface area (Å²) in [5.74, 6) is 0.585. The molecule has 1 amide bonds. The molecule has 0 aliphatic heterocycles. The minimum absolute atomic E-state index is 0.179. The molecule has 0 saturated heterocycles. The van der Waals surface area contributed by atoms with Gasteiger partial charge in [0, 0.05) is 41.4 Å². The van der Waals surface area contributed by atoms with E-state index >= 15 is 0 Å². The number of hydrogen-bond acceptors (Lipinski definition) is 4. The third-order valence-electron chi connectivity index (χ3n) is 4.25. The number of imidazole rings is 1. The number of anilines is 1. The number of carbonyl (C=O) groups is 1. The van der Waals surface area contributed by atoms with Crippen LogP contribution in [-0.2, 0) is 13.1 Å². The van der Waals surface area contributed by atoms with Crippen LogP contribution in [0.25, 0.3) is 0 Å². The van der Waals surface area contributed by atoms with Gasteiger partial charge < -0.3 is 15.2 Å². The number of pyridine rings is 1. The zero-order valence-electron chi connectivity index (χ0n) is 15.4. The summed E-state index contributed by atoms with van der Waals surface area (Å²) in [5, 5.41) is 6.69. The number of nitrogens with zero attached hydrogens (tertiary/aromatic N) is 3. The highest BCUT2D eigenvalue weighted by molar-refractivity contribution is 6.31. The van der Waals surface area contributed by atoms with Crippen molar-refractivity contribution >= 4 is 23.2 Å². The van der Waals surface area contributed by atoms with Gasteiger partial charge in [-0.25, -0.2) is 4.98 Å². The lowest BCUT2D eigenvalue weighted by molar-refractivity contribution is 0.0949. The van der Waals surface area contributed by atoms with Gasteiger partial charge in [0.15, 0.2) is 0 Å². The van der Waals surface area contributed by atoms with E-state index in [0.717, 1.165) is 29.3 Å². The van der Waals surface area contributed by atoms with Gasteiger partial charge in [-0.15, -0.1) is 0 Å². The van der Waals surface area contributed by atoms with Gasteiger partial charge in [0.05, 0.1) is 18.8 Å². The summed E-state index contributed by atoms with van der Waals surface area (Å²) in [4.78, 5) is 21.4. The minimum atomic E-state index is -0.179. The van der Waals surface area contributed by atoms with Crippen molar-refractivity contribution < 1.29 is 4.79 Å². The van der Waals surface area contributed by atoms with Gasteiger partial charge in [-0.2, -0.15) is 0 Å². The summed E-state index contributed by atoms with van der Waals surface area (Å²) in [7, 11) is 0. The molecule has 2 heterocycles. The summed E-state index contributed by atoms with van der Waals surface area (Å²) >= 11 is 6.17. The molecule has 0 saturated carbocycles. The molecule has 1 aromatic carbocycles. The average molecular weight is 384 g/mol. The van der Waals surface area contributed by atoms with Crippen LogP contribution in [0.2, 0.25) is 5.02 Å². The number of nitrogens with one attached hydrogen (secondary N) is 2. The highest BCUT2D eigenvalue weighted by Crippen LogP contribution is 2.24. The van der Waals surface area contributed by atoms with E-state index in [1.54, 1.807) is 18.5 Å². The standard InChI is InChI=1S/C20H22ClN5O/c1-3-22-18-11-15(21)10-17(14(18)2)20(27)25-12-19-24-8-9-26(19)13-16-6-4-5-7-23-16/h4-11,22H,3,12-13H2,1-2H3,(H,25,27). The van der Waals surface area contributed by atoms with Crippen molar-refractivity contribution in [2.75, 3.05) is 11.9 Å². The zero-order valence-corrected chi connectivity index (χ0v) is 16.1. The largest absolute Gasteiger partial charge is 0.385 e. The van der Waals surface area contributed by atoms with Gasteiger partial charge in [-0.1, -0.05) is 17.7 Å². The Morgan fingerprint density at radius 3 is 2.81 bits per heavy atom. The Kier molecular flexibility index (Phi) is 6.08. The number of aromatic nitrogens is 3. The number of benzene rings is 1. The molecular weight excluding hydrogens is 362 g/mol. The molecular formula is C20H22ClN5O. The molecule has 0 aliphatic rings. The Morgan fingerprint density at radius 1 is 1.22 bits per heavy atom. The third kappa shape index (κ3) is 4.65. The topological polar surface area (TPSA) is 71.8 Å². The van der Waals surface area contributed by atoms with Crippen LogP contribution in [0.3, 0.4) is 0 Å². The smallest absolute Gasteiger partial charge is 0.252 e. The number of carbonyl (C=O) groups excluding carboxylic acids is 1. The Morgan fingerprint density at radius 2 is 2.07 bits per heavy atom. The van der Waals surface area contributed by atoms with Crippen molar-refractivity contribution in [2.45, 2.75) is 26.9 Å². The molecule has 0 spiro atoms. The van der Waals surface area contributed by atoms with Crippen molar-refractivity contribution in [1.29, 1.82) is 0 Å². The number of amides is 1. The lowest BCUT2D eigenvalue weighted by Crippen LogP contribution is -2.26. The predicted octanol–water partition coefficient (Wildman–Crippen LogP) is 3.65. The predicted molar refractivity (Wildman–Crippen MR) is 107 cm³/mol. The molecule has 0 bridgehead atoms. The molecule has 140 valence electrons. The summed E-state index contributed by atoms with van der Waals surface area (Å²) in [6.45, 7) is 5.59. The summed E-state index contributed by atoms with van der Waals surface area (Å²) < 4.78 is 1.97. The molecule has 7 heteroatoms. The Bertz CT molecular complexity index is 923. The van der Waals surface area contributed by atoms with Gasteiger partial charge in [0.1, 0.15) is 5.82 Å². The first-order chi connectivity index (χ1) is 13.1. The maximum absolute atomic E-state index is 12.7. The van der Waals surface area contributed by atoms with Gasteiger partial charge in [0.2, 0.25) is 0 Å². The van der Waals surface area contributed by atoms with E-state index in [4.69, 9.17) is 11.6 Å². The molecule has 6 nitrogen and oxygen atoms in total. The Balaban J connectivity index is 1.71. The summed E-state index contributed by atoms with van der Waals surface area (Å²) in [5.41, 5.74) is 3.23. The fourth-order valence-corrected chi connectivity index (χ4v) is 3.08. The van der Waals surface area contributed by atoms with E-state index in [9.17, 15) is 4.79 Å². The van der Waals surface area contributed by atoms with E-state index < -0.39 is 0 Å². The molecule has 0 aliphatic carbocycles. The summed E-state index contributed by atoms with van der Waals surface area (Å²) in [6, 6.07) is 9.31. The first kappa shape index (κ1) is 18.9. The monoisotopic (exact) mass is 383 g/mol. The van der Waals surface area contributed by atoms with Crippen LogP contribution < -0.4 is 10.6 Å². The van der Waals surface area contributed by atoms with Crippen LogP contribution in [0, 0.1) is 6.92 Å². The van der Waals surface area contributed by atoms with Gasteiger partial charge in [0.25, 0.3) is 5.91 Å². The van der Waals surface area contributed by atoms with Gasteiger partial charge in [-0.3, -0.25) is 9.78 Å². The molecule has 0 fully saturated rings. The lowest BCUT2D eigenvalue weighted by Gasteiger charge is -2.14. The molecule has 27 heavy (non-hydrogen) atoms. The van der Waals surface area contributed by atoms with Crippen LogP contribution >= 0.6 is 11.6 Å². The third-order valence-corrected chi connectivity index (χ3v) is 4.47. The Hall–Kier alpha value is -2.86. The highest BCUT2D eigenvalue weighted by Gasteiger charge is 2.14. The zero-order chi connectivity index (χ0) is 19.2. The molecule has 3 rings (SSSR count). The fraction of sp³-hybridized carbons (Fsp3) is 0.250. The van der Waals surface area contributed by atoms with E-state index in [-0.39, 0.29) is 5.91 Å². The quantitative estimate of drug-likeness (QED) is 0.653. The van der Waals surface area contributed by atoms with Crippen molar-refractivity contribution in [3.05, 3.63) is 76.6 Å². The molecule has 0 radical (unpaired) electrons. The first-order valence-corrected chi connectivity index (χ1v) is 9.18. The van der Waals surface area contributed by atoms with Crippen LogP contribution in [0.1, 0.15) is 34.4 Å². The highest BCUT2D eigenvalue weighted by atomic mass is 35.5. The molecule has 0 unspecified atom stereocenters.